The molecule has 0 aliphatic rings. The molecule has 14 heavy (non-hydrogen) atoms. The average Bonchev–Trinajstić information content (AvgIpc) is 2.27. The van der Waals surface area contributed by atoms with Gasteiger partial charge in [-0.3, -0.25) is 0 Å². The van der Waals surface area contributed by atoms with Gasteiger partial charge >= 0.3 is 5.97 Å². The molecule has 0 saturated heterocycles. The monoisotopic (exact) mass is 197 g/mol. The van der Waals surface area contributed by atoms with Gasteiger partial charge in [-0.2, -0.15) is 0 Å². The highest BCUT2D eigenvalue weighted by Gasteiger charge is 2.09. The molecule has 0 fully saturated rings. The summed E-state index contributed by atoms with van der Waals surface area (Å²) in [6, 6.07) is 5.78. The van der Waals surface area contributed by atoms with Crippen molar-refractivity contribution in [3.05, 3.63) is 35.4 Å². The van der Waals surface area contributed by atoms with E-state index in [1.807, 2.05) is 0 Å². The van der Waals surface area contributed by atoms with Gasteiger partial charge in [-0.25, -0.2) is 9.18 Å². The molecule has 4 heteroatoms. The molecular formula is C10H12FNO2. The molecule has 0 aromatic heterocycles. The fraction of sp³-hybridized carbons (Fsp3) is 0.300. The zero-order chi connectivity index (χ0) is 10.6. The number of nitrogens with two attached hydrogens (primary N) is 1. The fourth-order valence-corrected chi connectivity index (χ4v) is 1.10. The van der Waals surface area contributed by atoms with Gasteiger partial charge in [0, 0.05) is 0 Å². The lowest BCUT2D eigenvalue weighted by molar-refractivity contribution is 0.0600. The third-order valence-electron chi connectivity index (χ3n) is 1.90. The minimum Gasteiger partial charge on any atom is -0.465 e. The lowest BCUT2D eigenvalue weighted by Gasteiger charge is -2.08. The van der Waals surface area contributed by atoms with Crippen LogP contribution < -0.4 is 5.73 Å². The lowest BCUT2D eigenvalue weighted by atomic mass is 10.1. The number of benzene rings is 1. The third-order valence-corrected chi connectivity index (χ3v) is 1.90. The number of hydrogen-bond acceptors (Lipinski definition) is 3. The molecule has 3 nitrogen and oxygen atoms in total. The summed E-state index contributed by atoms with van der Waals surface area (Å²) in [5, 5.41) is 0. The molecule has 76 valence electrons. The second-order valence-electron chi connectivity index (χ2n) is 2.88. The van der Waals surface area contributed by atoms with Gasteiger partial charge in [0.25, 0.3) is 0 Å². The standard InChI is InChI=1S/C10H12FNO2/c1-14-10(13)8-4-2-3-7(5-8)9(12)6-11/h2-5,9H,6,12H2,1H3/t9-/m1/s1. The number of alkyl halides is 1. The van der Waals surface area contributed by atoms with E-state index in [9.17, 15) is 9.18 Å². The predicted octanol–water partition coefficient (Wildman–Crippen LogP) is 1.44. The van der Waals surface area contributed by atoms with Crippen molar-refractivity contribution in [2.45, 2.75) is 6.04 Å². The molecule has 0 saturated carbocycles. The first-order valence-corrected chi connectivity index (χ1v) is 4.19. The van der Waals surface area contributed by atoms with Crippen molar-refractivity contribution in [1.82, 2.24) is 0 Å². The first-order valence-electron chi connectivity index (χ1n) is 4.19. The quantitative estimate of drug-likeness (QED) is 0.746. The fourth-order valence-electron chi connectivity index (χ4n) is 1.10. The van der Waals surface area contributed by atoms with Gasteiger partial charge < -0.3 is 10.5 Å². The first kappa shape index (κ1) is 10.7. The maximum Gasteiger partial charge on any atom is 0.337 e. The Kier molecular flexibility index (Phi) is 3.59. The van der Waals surface area contributed by atoms with Crippen molar-refractivity contribution in [1.29, 1.82) is 0 Å². The number of esters is 1. The van der Waals surface area contributed by atoms with Crippen LogP contribution in [0, 0.1) is 0 Å². The Balaban J connectivity index is 2.95. The van der Waals surface area contributed by atoms with E-state index in [0.717, 1.165) is 0 Å². The van der Waals surface area contributed by atoms with E-state index in [1.54, 1.807) is 18.2 Å². The zero-order valence-electron chi connectivity index (χ0n) is 7.87. The SMILES string of the molecule is COC(=O)c1cccc([C@H](N)CF)c1. The van der Waals surface area contributed by atoms with Gasteiger partial charge in [-0.05, 0) is 17.7 Å². The van der Waals surface area contributed by atoms with E-state index >= 15 is 0 Å². The van der Waals surface area contributed by atoms with Crippen molar-refractivity contribution in [2.24, 2.45) is 5.73 Å². The second kappa shape index (κ2) is 4.72. The Bertz CT molecular complexity index is 328. The van der Waals surface area contributed by atoms with E-state index in [4.69, 9.17) is 5.73 Å². The molecule has 1 aromatic carbocycles. The second-order valence-corrected chi connectivity index (χ2v) is 2.88. The summed E-state index contributed by atoms with van der Waals surface area (Å²) in [5.74, 6) is -0.446. The Morgan fingerprint density at radius 3 is 2.93 bits per heavy atom. The predicted molar refractivity (Wildman–Crippen MR) is 50.7 cm³/mol. The minimum absolute atomic E-state index is 0.383. The van der Waals surface area contributed by atoms with Crippen molar-refractivity contribution in [3.8, 4) is 0 Å². The van der Waals surface area contributed by atoms with Gasteiger partial charge in [-0.1, -0.05) is 12.1 Å². The van der Waals surface area contributed by atoms with Crippen LogP contribution in [0.4, 0.5) is 4.39 Å². The molecule has 1 atom stereocenters. The number of hydrogen-bond donors (Lipinski definition) is 1. The molecule has 0 aliphatic heterocycles. The van der Waals surface area contributed by atoms with Crippen molar-refractivity contribution >= 4 is 5.97 Å². The number of carbonyl (C=O) groups is 1. The van der Waals surface area contributed by atoms with Crippen LogP contribution in [-0.4, -0.2) is 19.8 Å². The van der Waals surface area contributed by atoms with E-state index in [1.165, 1.54) is 13.2 Å². The Morgan fingerprint density at radius 1 is 1.64 bits per heavy atom. The molecular weight excluding hydrogens is 185 g/mol. The highest BCUT2D eigenvalue weighted by atomic mass is 19.1. The van der Waals surface area contributed by atoms with Gasteiger partial charge in [-0.15, -0.1) is 0 Å². The van der Waals surface area contributed by atoms with Crippen LogP contribution >= 0.6 is 0 Å². The Hall–Kier alpha value is -1.42. The summed E-state index contributed by atoms with van der Waals surface area (Å²) in [6.07, 6.45) is 0. The molecule has 0 radical (unpaired) electrons. The molecule has 1 rings (SSSR count). The maximum atomic E-state index is 12.2. The number of halogens is 1. The van der Waals surface area contributed by atoms with Crippen LogP contribution in [0.2, 0.25) is 0 Å². The zero-order valence-corrected chi connectivity index (χ0v) is 7.87. The topological polar surface area (TPSA) is 52.3 Å². The molecule has 0 amide bonds. The average molecular weight is 197 g/mol. The van der Waals surface area contributed by atoms with Gasteiger partial charge in [0.1, 0.15) is 6.67 Å². The molecule has 1 aromatic rings. The van der Waals surface area contributed by atoms with Crippen molar-refractivity contribution in [2.75, 3.05) is 13.8 Å². The first-order chi connectivity index (χ1) is 6.69. The van der Waals surface area contributed by atoms with Crippen molar-refractivity contribution in [3.63, 3.8) is 0 Å². The van der Waals surface area contributed by atoms with Gasteiger partial charge in [0.2, 0.25) is 0 Å². The van der Waals surface area contributed by atoms with E-state index in [2.05, 4.69) is 4.74 Å². The Labute approximate surface area is 81.7 Å². The third kappa shape index (κ3) is 2.29. The van der Waals surface area contributed by atoms with Crippen LogP contribution in [0.5, 0.6) is 0 Å². The summed E-state index contributed by atoms with van der Waals surface area (Å²) >= 11 is 0. The highest BCUT2D eigenvalue weighted by molar-refractivity contribution is 5.89. The van der Waals surface area contributed by atoms with Crippen LogP contribution in [0.15, 0.2) is 24.3 Å². The molecule has 0 bridgehead atoms. The van der Waals surface area contributed by atoms with E-state index in [0.29, 0.717) is 11.1 Å². The summed E-state index contributed by atoms with van der Waals surface area (Å²) in [4.78, 5) is 11.1. The number of rotatable bonds is 3. The smallest absolute Gasteiger partial charge is 0.337 e. The molecule has 2 N–H and O–H groups in total. The van der Waals surface area contributed by atoms with Crippen LogP contribution in [0.3, 0.4) is 0 Å². The number of ether oxygens (including phenoxy) is 1. The Morgan fingerprint density at radius 2 is 2.36 bits per heavy atom. The van der Waals surface area contributed by atoms with Gasteiger partial charge in [0.15, 0.2) is 0 Å². The molecule has 0 unspecified atom stereocenters. The summed E-state index contributed by atoms with van der Waals surface area (Å²) in [5.41, 5.74) is 6.45. The van der Waals surface area contributed by atoms with Crippen LogP contribution in [0.25, 0.3) is 0 Å². The van der Waals surface area contributed by atoms with Gasteiger partial charge in [0.05, 0.1) is 18.7 Å². The van der Waals surface area contributed by atoms with Crippen molar-refractivity contribution < 1.29 is 13.9 Å². The number of carbonyl (C=O) groups excluding carboxylic acids is 1. The highest BCUT2D eigenvalue weighted by Crippen LogP contribution is 2.13. The molecule has 0 spiro atoms. The number of methoxy groups -OCH3 is 1. The summed E-state index contributed by atoms with van der Waals surface area (Å²) in [7, 11) is 1.30. The minimum atomic E-state index is -0.681. The molecule has 0 aliphatic carbocycles. The van der Waals surface area contributed by atoms with E-state index in [-0.39, 0.29) is 0 Å². The van der Waals surface area contributed by atoms with Crippen LogP contribution in [0.1, 0.15) is 22.0 Å². The molecule has 0 heterocycles. The van der Waals surface area contributed by atoms with E-state index < -0.39 is 18.7 Å². The maximum absolute atomic E-state index is 12.2. The largest absolute Gasteiger partial charge is 0.465 e. The summed E-state index contributed by atoms with van der Waals surface area (Å²) < 4.78 is 16.8. The normalized spacial score (nSPS) is 12.2. The lowest BCUT2D eigenvalue weighted by Crippen LogP contribution is -2.13. The van der Waals surface area contributed by atoms with Crippen LogP contribution in [-0.2, 0) is 4.74 Å². The summed E-state index contributed by atoms with van der Waals surface area (Å²) in [6.45, 7) is -0.648.